The highest BCUT2D eigenvalue weighted by Crippen LogP contribution is 2.29. The molecule has 31 heavy (non-hydrogen) atoms. The number of halogens is 2. The fourth-order valence-corrected chi connectivity index (χ4v) is 3.56. The number of hydrogen-bond donors (Lipinski definition) is 2. The van der Waals surface area contributed by atoms with Crippen LogP contribution in [0.15, 0.2) is 53.5 Å². The van der Waals surface area contributed by atoms with Crippen LogP contribution in [0.25, 0.3) is 0 Å². The monoisotopic (exact) mass is 442 g/mol. The molecule has 0 radical (unpaired) electrons. The molecule has 164 valence electrons. The molecule has 0 atom stereocenters. The number of aliphatic imine (C=N–C) groups is 1. The summed E-state index contributed by atoms with van der Waals surface area (Å²) in [4.78, 5) is 4.72. The zero-order valence-corrected chi connectivity index (χ0v) is 19.0. The summed E-state index contributed by atoms with van der Waals surface area (Å²) in [5.74, 6) is 1.96. The largest absolute Gasteiger partial charge is 0.356 e. The van der Waals surface area contributed by atoms with Crippen molar-refractivity contribution >= 4 is 17.6 Å². The first-order chi connectivity index (χ1) is 14.8. The van der Waals surface area contributed by atoms with Crippen LogP contribution in [0.3, 0.4) is 0 Å². The fourth-order valence-electron chi connectivity index (χ4n) is 3.13. The van der Waals surface area contributed by atoms with Crippen LogP contribution in [-0.4, -0.2) is 27.3 Å². The first-order valence-corrected chi connectivity index (χ1v) is 10.5. The molecule has 1 heterocycles. The third-order valence-corrected chi connectivity index (χ3v) is 5.53. The second-order valence-electron chi connectivity index (χ2n) is 8.09. The summed E-state index contributed by atoms with van der Waals surface area (Å²) in [7, 11) is 1.93. The number of guanidine groups is 1. The lowest BCUT2D eigenvalue weighted by Gasteiger charge is -2.28. The Morgan fingerprint density at radius 2 is 1.87 bits per heavy atom. The van der Waals surface area contributed by atoms with E-state index in [4.69, 9.17) is 16.6 Å². The zero-order valence-electron chi connectivity index (χ0n) is 18.3. The number of hydrogen-bond acceptors (Lipinski definition) is 3. The normalized spacial score (nSPS) is 12.1. The maximum atomic E-state index is 13.5. The summed E-state index contributed by atoms with van der Waals surface area (Å²) >= 11 is 6.30. The summed E-state index contributed by atoms with van der Waals surface area (Å²) < 4.78 is 15.4. The minimum atomic E-state index is -0.346. The van der Waals surface area contributed by atoms with Crippen molar-refractivity contribution in [3.8, 4) is 0 Å². The van der Waals surface area contributed by atoms with Crippen LogP contribution < -0.4 is 10.6 Å². The van der Waals surface area contributed by atoms with E-state index in [-0.39, 0.29) is 11.2 Å². The minimum Gasteiger partial charge on any atom is -0.356 e. The third kappa shape index (κ3) is 6.04. The number of benzene rings is 2. The lowest BCUT2D eigenvalue weighted by molar-refractivity contribution is 0.506. The van der Waals surface area contributed by atoms with Crippen LogP contribution in [0.4, 0.5) is 4.39 Å². The van der Waals surface area contributed by atoms with Crippen molar-refractivity contribution in [2.24, 2.45) is 12.0 Å². The molecule has 0 aliphatic carbocycles. The number of nitrogens with zero attached hydrogens (tertiary/aromatic N) is 4. The Kier molecular flexibility index (Phi) is 7.28. The van der Waals surface area contributed by atoms with E-state index in [9.17, 15) is 4.39 Å². The summed E-state index contributed by atoms with van der Waals surface area (Å²) in [5.41, 5.74) is 1.63. The van der Waals surface area contributed by atoms with E-state index >= 15 is 0 Å². The van der Waals surface area contributed by atoms with E-state index in [1.807, 2.05) is 48.9 Å². The molecule has 0 spiro atoms. The Labute approximate surface area is 187 Å². The van der Waals surface area contributed by atoms with Gasteiger partial charge in [0, 0.05) is 24.0 Å². The van der Waals surface area contributed by atoms with Crippen molar-refractivity contribution in [2.45, 2.75) is 39.3 Å². The van der Waals surface area contributed by atoms with Crippen LogP contribution in [0.2, 0.25) is 5.02 Å². The predicted molar refractivity (Wildman–Crippen MR) is 123 cm³/mol. The van der Waals surface area contributed by atoms with Gasteiger partial charge in [0.2, 0.25) is 0 Å². The van der Waals surface area contributed by atoms with Gasteiger partial charge in [-0.1, -0.05) is 61.8 Å². The average molecular weight is 443 g/mol. The molecule has 2 aromatic carbocycles. The van der Waals surface area contributed by atoms with E-state index in [0.29, 0.717) is 30.6 Å². The quantitative estimate of drug-likeness (QED) is 0.426. The van der Waals surface area contributed by atoms with E-state index in [2.05, 4.69) is 34.7 Å². The van der Waals surface area contributed by atoms with Gasteiger partial charge in [-0.15, -0.1) is 10.2 Å². The lowest BCUT2D eigenvalue weighted by Crippen LogP contribution is -2.43. The standard InChI is InChI=1S/C23H28ClFN6/c1-16-29-30-21(31(16)4)14-27-22(26-13-17-8-6-5-7-9-17)28-15-23(2,3)19-11-10-18(25)12-20(19)24/h5-12H,13-15H2,1-4H3,(H2,26,27,28). The van der Waals surface area contributed by atoms with Gasteiger partial charge in [-0.2, -0.15) is 0 Å². The van der Waals surface area contributed by atoms with Crippen molar-refractivity contribution in [2.75, 3.05) is 6.54 Å². The van der Waals surface area contributed by atoms with Gasteiger partial charge >= 0.3 is 0 Å². The topological polar surface area (TPSA) is 67.1 Å². The van der Waals surface area contributed by atoms with E-state index in [0.717, 1.165) is 22.8 Å². The molecule has 0 saturated carbocycles. The number of nitrogens with one attached hydrogen (secondary N) is 2. The van der Waals surface area contributed by atoms with Crippen molar-refractivity contribution in [1.82, 2.24) is 25.4 Å². The lowest BCUT2D eigenvalue weighted by atomic mass is 9.84. The molecule has 0 aliphatic rings. The first-order valence-electron chi connectivity index (χ1n) is 10.1. The molecule has 6 nitrogen and oxygen atoms in total. The Balaban J connectivity index is 1.74. The zero-order chi connectivity index (χ0) is 22.4. The van der Waals surface area contributed by atoms with Gasteiger partial charge in [-0.25, -0.2) is 9.38 Å². The van der Waals surface area contributed by atoms with E-state index in [1.165, 1.54) is 12.1 Å². The van der Waals surface area contributed by atoms with Crippen molar-refractivity contribution in [1.29, 1.82) is 0 Å². The summed E-state index contributed by atoms with van der Waals surface area (Å²) in [5, 5.41) is 15.4. The van der Waals surface area contributed by atoms with Crippen LogP contribution in [0.5, 0.6) is 0 Å². The van der Waals surface area contributed by atoms with Crippen LogP contribution in [0, 0.1) is 12.7 Å². The third-order valence-electron chi connectivity index (χ3n) is 5.22. The van der Waals surface area contributed by atoms with Gasteiger partial charge in [0.05, 0.1) is 13.1 Å². The Morgan fingerprint density at radius 1 is 1.13 bits per heavy atom. The molecule has 3 aromatic rings. The molecule has 0 unspecified atom stereocenters. The molecule has 0 amide bonds. The Morgan fingerprint density at radius 3 is 2.52 bits per heavy atom. The highest BCUT2D eigenvalue weighted by Gasteiger charge is 2.24. The van der Waals surface area contributed by atoms with Gasteiger partial charge < -0.3 is 15.2 Å². The van der Waals surface area contributed by atoms with Crippen LogP contribution in [0.1, 0.15) is 36.6 Å². The maximum absolute atomic E-state index is 13.5. The van der Waals surface area contributed by atoms with Crippen molar-refractivity contribution in [3.63, 3.8) is 0 Å². The number of aromatic nitrogens is 3. The molecule has 1 aromatic heterocycles. The average Bonchev–Trinajstić information content (AvgIpc) is 3.06. The molecule has 0 bridgehead atoms. The predicted octanol–water partition coefficient (Wildman–Crippen LogP) is 4.13. The van der Waals surface area contributed by atoms with Crippen LogP contribution >= 0.6 is 11.6 Å². The highest BCUT2D eigenvalue weighted by molar-refractivity contribution is 6.31. The molecular weight excluding hydrogens is 415 g/mol. The SMILES string of the molecule is Cc1nnc(CNC(=NCc2ccccc2)NCC(C)(C)c2ccc(F)cc2Cl)n1C. The van der Waals surface area contributed by atoms with Gasteiger partial charge in [0.25, 0.3) is 0 Å². The second kappa shape index (κ2) is 9.92. The molecule has 3 rings (SSSR count). The summed E-state index contributed by atoms with van der Waals surface area (Å²) in [6, 6.07) is 14.6. The van der Waals surface area contributed by atoms with Gasteiger partial charge in [0.15, 0.2) is 11.8 Å². The van der Waals surface area contributed by atoms with Crippen molar-refractivity contribution < 1.29 is 4.39 Å². The molecule has 8 heteroatoms. The van der Waals surface area contributed by atoms with E-state index < -0.39 is 0 Å². The first kappa shape index (κ1) is 22.7. The fraction of sp³-hybridized carbons (Fsp3) is 0.348. The molecule has 0 saturated heterocycles. The number of rotatable bonds is 7. The summed E-state index contributed by atoms with van der Waals surface area (Å²) in [6.45, 7) is 7.59. The number of aryl methyl sites for hydroxylation is 1. The molecule has 0 aliphatic heterocycles. The molecular formula is C23H28ClFN6. The van der Waals surface area contributed by atoms with Crippen molar-refractivity contribution in [3.05, 3.63) is 82.1 Å². The van der Waals surface area contributed by atoms with Gasteiger partial charge in [-0.3, -0.25) is 0 Å². The highest BCUT2D eigenvalue weighted by atomic mass is 35.5. The van der Waals surface area contributed by atoms with Gasteiger partial charge in [-0.05, 0) is 30.2 Å². The smallest absolute Gasteiger partial charge is 0.192 e. The maximum Gasteiger partial charge on any atom is 0.192 e. The van der Waals surface area contributed by atoms with E-state index in [1.54, 1.807) is 6.07 Å². The van der Waals surface area contributed by atoms with Gasteiger partial charge in [0.1, 0.15) is 11.6 Å². The molecule has 0 fully saturated rings. The second-order valence-corrected chi connectivity index (χ2v) is 8.50. The Hall–Kier alpha value is -2.93. The minimum absolute atomic E-state index is 0.344. The Bertz CT molecular complexity index is 1050. The van der Waals surface area contributed by atoms with Crippen LogP contribution in [-0.2, 0) is 25.6 Å². The molecule has 2 N–H and O–H groups in total. The summed E-state index contributed by atoms with van der Waals surface area (Å²) in [6.07, 6.45) is 0.